The second kappa shape index (κ2) is 10.0. The molecule has 1 amide bonds. The first kappa shape index (κ1) is 26.4. The number of amides is 1. The van der Waals surface area contributed by atoms with Crippen molar-refractivity contribution in [1.29, 1.82) is 0 Å². The average molecular weight is 511 g/mol. The van der Waals surface area contributed by atoms with Crippen LogP contribution in [0.5, 0.6) is 0 Å². The highest BCUT2D eigenvalue weighted by molar-refractivity contribution is 5.68. The van der Waals surface area contributed by atoms with E-state index in [0.29, 0.717) is 31.7 Å². The molecular formula is C26H34F4N4O2. The molecule has 2 aromatic rings. The van der Waals surface area contributed by atoms with Crippen LogP contribution in [0.4, 0.5) is 22.4 Å². The Morgan fingerprint density at radius 2 is 1.86 bits per heavy atom. The van der Waals surface area contributed by atoms with Crippen LogP contribution in [0.3, 0.4) is 0 Å². The lowest BCUT2D eigenvalue weighted by atomic mass is 9.86. The van der Waals surface area contributed by atoms with Gasteiger partial charge in [-0.2, -0.15) is 13.2 Å². The summed E-state index contributed by atoms with van der Waals surface area (Å²) >= 11 is 0. The summed E-state index contributed by atoms with van der Waals surface area (Å²) in [6.07, 6.45) is -1.53. The zero-order valence-electron chi connectivity index (χ0n) is 21.2. The van der Waals surface area contributed by atoms with Crippen LogP contribution in [-0.4, -0.2) is 63.8 Å². The number of benzene rings is 1. The van der Waals surface area contributed by atoms with Crippen LogP contribution in [0.15, 0.2) is 24.4 Å². The van der Waals surface area contributed by atoms with E-state index >= 15 is 0 Å². The van der Waals surface area contributed by atoms with Gasteiger partial charge >= 0.3 is 12.3 Å². The molecule has 0 radical (unpaired) electrons. The average Bonchev–Trinajstić information content (AvgIpc) is 3.14. The lowest BCUT2D eigenvalue weighted by Gasteiger charge is -2.37. The molecule has 2 aliphatic heterocycles. The molecule has 1 aromatic carbocycles. The van der Waals surface area contributed by atoms with E-state index in [-0.39, 0.29) is 23.5 Å². The van der Waals surface area contributed by atoms with Crippen LogP contribution in [0.2, 0.25) is 0 Å². The van der Waals surface area contributed by atoms with Gasteiger partial charge in [-0.15, -0.1) is 0 Å². The van der Waals surface area contributed by atoms with Crippen molar-refractivity contribution in [2.24, 2.45) is 5.92 Å². The number of imidazole rings is 1. The standard InChI is InChI=1S/C26H34F4N4O2/c1-17-15-34(24(35)36-25(2,3)4)11-8-19(17)23-31-22(16-33(23)13-12-32-9-5-10-32)18-6-7-21(27)20(14-18)26(28,29)30/h6-7,14,16-17,19H,5,8-13,15H2,1-4H3. The molecule has 0 spiro atoms. The number of alkyl halides is 3. The molecule has 4 rings (SSSR count). The molecule has 0 N–H and O–H groups in total. The Balaban J connectivity index is 1.60. The summed E-state index contributed by atoms with van der Waals surface area (Å²) < 4.78 is 61.4. The van der Waals surface area contributed by atoms with E-state index < -0.39 is 23.2 Å². The van der Waals surface area contributed by atoms with Gasteiger partial charge in [-0.05, 0) is 70.8 Å². The van der Waals surface area contributed by atoms with Crippen LogP contribution < -0.4 is 0 Å². The first-order valence-electron chi connectivity index (χ1n) is 12.5. The summed E-state index contributed by atoms with van der Waals surface area (Å²) in [7, 11) is 0. The van der Waals surface area contributed by atoms with Crippen molar-refractivity contribution in [1.82, 2.24) is 19.4 Å². The van der Waals surface area contributed by atoms with Gasteiger partial charge in [0, 0.05) is 43.9 Å². The third kappa shape index (κ3) is 6.02. The molecule has 2 fully saturated rings. The molecular weight excluding hydrogens is 476 g/mol. The zero-order chi connectivity index (χ0) is 26.3. The molecule has 10 heteroatoms. The minimum Gasteiger partial charge on any atom is -0.444 e. The number of hydrogen-bond acceptors (Lipinski definition) is 4. The maximum Gasteiger partial charge on any atom is 0.419 e. The maximum atomic E-state index is 13.9. The van der Waals surface area contributed by atoms with Gasteiger partial charge < -0.3 is 19.1 Å². The number of carbonyl (C=O) groups excluding carboxylic acids is 1. The van der Waals surface area contributed by atoms with Gasteiger partial charge in [0.1, 0.15) is 17.2 Å². The monoisotopic (exact) mass is 510 g/mol. The van der Waals surface area contributed by atoms with Crippen LogP contribution in [-0.2, 0) is 17.5 Å². The van der Waals surface area contributed by atoms with E-state index in [9.17, 15) is 22.4 Å². The van der Waals surface area contributed by atoms with Crippen molar-refractivity contribution < 1.29 is 27.1 Å². The minimum absolute atomic E-state index is 0.0244. The van der Waals surface area contributed by atoms with Crippen molar-refractivity contribution in [3.8, 4) is 11.3 Å². The highest BCUT2D eigenvalue weighted by Crippen LogP contribution is 2.37. The molecule has 2 saturated heterocycles. The largest absolute Gasteiger partial charge is 0.444 e. The van der Waals surface area contributed by atoms with Crippen molar-refractivity contribution in [2.45, 2.75) is 64.8 Å². The van der Waals surface area contributed by atoms with Crippen molar-refractivity contribution >= 4 is 6.09 Å². The Bertz CT molecular complexity index is 1090. The van der Waals surface area contributed by atoms with Crippen LogP contribution >= 0.6 is 0 Å². The Morgan fingerprint density at radius 1 is 1.14 bits per heavy atom. The van der Waals surface area contributed by atoms with Gasteiger partial charge in [0.25, 0.3) is 0 Å². The fourth-order valence-corrected chi connectivity index (χ4v) is 4.82. The molecule has 3 heterocycles. The summed E-state index contributed by atoms with van der Waals surface area (Å²) in [5, 5.41) is 0. The molecule has 0 bridgehead atoms. The predicted molar refractivity (Wildman–Crippen MR) is 128 cm³/mol. The first-order valence-corrected chi connectivity index (χ1v) is 12.5. The number of hydrogen-bond donors (Lipinski definition) is 0. The van der Waals surface area contributed by atoms with Gasteiger partial charge in [-0.1, -0.05) is 6.92 Å². The van der Waals surface area contributed by atoms with Crippen LogP contribution in [0, 0.1) is 11.7 Å². The second-order valence-electron chi connectivity index (χ2n) is 10.9. The quantitative estimate of drug-likeness (QED) is 0.479. The predicted octanol–water partition coefficient (Wildman–Crippen LogP) is 5.77. The number of rotatable bonds is 5. The Labute approximate surface area is 209 Å². The maximum absolute atomic E-state index is 13.9. The Hall–Kier alpha value is -2.62. The number of aromatic nitrogens is 2. The topological polar surface area (TPSA) is 50.6 Å². The Kier molecular flexibility index (Phi) is 7.37. The molecule has 0 aliphatic carbocycles. The van der Waals surface area contributed by atoms with Gasteiger partial charge in [0.15, 0.2) is 0 Å². The number of likely N-dealkylation sites (tertiary alicyclic amines) is 2. The number of carbonyl (C=O) groups is 1. The van der Waals surface area contributed by atoms with Gasteiger partial charge in [0.2, 0.25) is 0 Å². The number of halogens is 4. The normalized spacial score (nSPS) is 21.4. The molecule has 198 valence electrons. The molecule has 1 aromatic heterocycles. The highest BCUT2D eigenvalue weighted by atomic mass is 19.4. The van der Waals surface area contributed by atoms with E-state index in [1.165, 1.54) is 6.07 Å². The molecule has 2 unspecified atom stereocenters. The van der Waals surface area contributed by atoms with E-state index in [4.69, 9.17) is 9.72 Å². The first-order chi connectivity index (χ1) is 16.8. The van der Waals surface area contributed by atoms with E-state index in [2.05, 4.69) is 11.8 Å². The van der Waals surface area contributed by atoms with Crippen molar-refractivity contribution in [2.75, 3.05) is 32.7 Å². The SMILES string of the molecule is CC1CN(C(=O)OC(C)(C)C)CCC1c1nc(-c2ccc(F)c(C(F)(F)F)c2)cn1CCN1CCC1. The summed E-state index contributed by atoms with van der Waals surface area (Å²) in [6, 6.07) is 3.01. The highest BCUT2D eigenvalue weighted by Gasteiger charge is 2.36. The third-order valence-electron chi connectivity index (χ3n) is 6.87. The molecule has 36 heavy (non-hydrogen) atoms. The van der Waals surface area contributed by atoms with E-state index in [0.717, 1.165) is 44.0 Å². The lowest BCUT2D eigenvalue weighted by molar-refractivity contribution is -0.139. The zero-order valence-corrected chi connectivity index (χ0v) is 21.2. The number of piperidine rings is 1. The molecule has 2 atom stereocenters. The summed E-state index contributed by atoms with van der Waals surface area (Å²) in [5.74, 6) is -0.411. The molecule has 2 aliphatic rings. The van der Waals surface area contributed by atoms with Crippen LogP contribution in [0.1, 0.15) is 57.8 Å². The lowest BCUT2D eigenvalue weighted by Crippen LogP contribution is -2.45. The van der Waals surface area contributed by atoms with Gasteiger partial charge in [-0.3, -0.25) is 0 Å². The fraction of sp³-hybridized carbons (Fsp3) is 0.615. The van der Waals surface area contributed by atoms with Crippen LogP contribution in [0.25, 0.3) is 11.3 Å². The van der Waals surface area contributed by atoms with Crippen molar-refractivity contribution in [3.63, 3.8) is 0 Å². The van der Waals surface area contributed by atoms with Gasteiger partial charge in [-0.25, -0.2) is 14.2 Å². The van der Waals surface area contributed by atoms with Gasteiger partial charge in [0.05, 0.1) is 11.3 Å². The summed E-state index contributed by atoms with van der Waals surface area (Å²) in [6.45, 7) is 12.1. The number of ether oxygens (including phenoxy) is 1. The summed E-state index contributed by atoms with van der Waals surface area (Å²) in [4.78, 5) is 21.4. The Morgan fingerprint density at radius 3 is 2.44 bits per heavy atom. The van der Waals surface area contributed by atoms with E-state index in [1.54, 1.807) is 11.1 Å². The number of nitrogens with zero attached hydrogens (tertiary/aromatic N) is 4. The smallest absolute Gasteiger partial charge is 0.419 e. The van der Waals surface area contributed by atoms with E-state index in [1.807, 2.05) is 25.3 Å². The minimum atomic E-state index is -4.79. The van der Waals surface area contributed by atoms with Crippen molar-refractivity contribution in [3.05, 3.63) is 41.6 Å². The fourth-order valence-electron chi connectivity index (χ4n) is 4.82. The molecule has 0 saturated carbocycles. The third-order valence-corrected chi connectivity index (χ3v) is 6.87. The molecule has 6 nitrogen and oxygen atoms in total. The second-order valence-corrected chi connectivity index (χ2v) is 10.9. The summed E-state index contributed by atoms with van der Waals surface area (Å²) in [5.41, 5.74) is -1.26.